The largest absolute Gasteiger partial charge is 0.381 e. The number of rotatable bonds is 46. The Balaban J connectivity index is 0.000000101. The SMILES string of the molecule is CCC1(COCC2CC3CC([SiH3])C2C3)COC1.CCC1(COCC2CC3CC2CC3[SiH3])COC1.CCC1(COCCC[SiH3])COC1.[SiH3]C1CC2CC(COCC3CO3)C1O2.[SiH3]C1CC2CC(OCC3CO3)C1O2.[SiH3]C1CC2CC1C(COCC1CO1)(COCC1CO1)C2.[SiH3]C1CC2CC1C(COCC1CO1)C2COCC1CO1.[SiH3]C1CC2OC1CC2COCC1CO1.[SiH3]C1CC2OC1CC2OCC1CO1. The molecule has 19 heterocycles. The van der Waals surface area contributed by atoms with Gasteiger partial charge in [0.25, 0.3) is 0 Å². The van der Waals surface area contributed by atoms with Gasteiger partial charge in [0.15, 0.2) is 0 Å². The van der Waals surface area contributed by atoms with Gasteiger partial charge in [-0.3, -0.25) is 0 Å². The van der Waals surface area contributed by atoms with E-state index in [1.807, 2.05) is 0 Å². The van der Waals surface area contributed by atoms with Crippen LogP contribution in [0.2, 0.25) is 50.4 Å². The minimum absolute atomic E-state index is 0.291. The summed E-state index contributed by atoms with van der Waals surface area (Å²) in [4.78, 5) is 0. The Morgan fingerprint density at radius 1 is 0.286 bits per heavy atom. The highest BCUT2D eigenvalue weighted by Crippen LogP contribution is 2.62. The first-order valence-electron chi connectivity index (χ1n) is 57.9. The summed E-state index contributed by atoms with van der Waals surface area (Å²) < 4.78 is 145. The minimum Gasteiger partial charge on any atom is -0.381 e. The number of epoxide rings is 8. The third kappa shape index (κ3) is 30.6. The fraction of sp³-hybridized carbons (Fsp3) is 1.00. The highest BCUT2D eigenvalue weighted by molar-refractivity contribution is 6.14. The molecule has 804 valence electrons. The van der Waals surface area contributed by atoms with Crippen molar-refractivity contribution in [1.29, 1.82) is 0 Å². The van der Waals surface area contributed by atoms with E-state index in [0.29, 0.717) is 143 Å². The van der Waals surface area contributed by atoms with Crippen LogP contribution in [0.1, 0.15) is 168 Å². The van der Waals surface area contributed by atoms with Crippen LogP contribution in [0.15, 0.2) is 0 Å². The Morgan fingerprint density at radius 2 is 0.743 bits per heavy atom. The van der Waals surface area contributed by atoms with E-state index in [4.69, 9.17) is 123 Å². The molecule has 16 bridgehead atoms. The van der Waals surface area contributed by atoms with Gasteiger partial charge in [-0.1, -0.05) is 74.7 Å². The summed E-state index contributed by atoms with van der Waals surface area (Å²) >= 11 is 0. The third-order valence-corrected chi connectivity index (χ3v) is 50.0. The normalized spacial score (nSPS) is 46.0. The van der Waals surface area contributed by atoms with Crippen molar-refractivity contribution in [2.45, 2.75) is 329 Å². The summed E-state index contributed by atoms with van der Waals surface area (Å²) in [5.41, 5.74) is 9.09. The van der Waals surface area contributed by atoms with Crippen molar-refractivity contribution in [1.82, 2.24) is 0 Å². The van der Waals surface area contributed by atoms with Crippen LogP contribution in [0, 0.1) is 105 Å². The van der Waals surface area contributed by atoms with Gasteiger partial charge in [0.2, 0.25) is 0 Å². The van der Waals surface area contributed by atoms with Crippen LogP contribution in [0.25, 0.3) is 0 Å². The van der Waals surface area contributed by atoms with Gasteiger partial charge in [0.05, 0.1) is 266 Å². The Labute approximate surface area is 867 Å². The quantitative estimate of drug-likeness (QED) is 0.0482. The van der Waals surface area contributed by atoms with Gasteiger partial charge in [-0.05, 0) is 202 Å². The fourth-order valence-electron chi connectivity index (χ4n) is 29.2. The molecule has 0 amide bonds. The highest BCUT2D eigenvalue weighted by atomic mass is 28.2. The van der Waals surface area contributed by atoms with Crippen LogP contribution >= 0.6 is 0 Å². The lowest BCUT2D eigenvalue weighted by Crippen LogP contribution is -2.46. The third-order valence-electron chi connectivity index (χ3n) is 39.2. The second kappa shape index (κ2) is 51.5. The van der Waals surface area contributed by atoms with Crippen LogP contribution in [-0.2, 0) is 123 Å². The number of hydrogen-bond donors (Lipinski definition) is 0. The summed E-state index contributed by atoms with van der Waals surface area (Å²) in [6.07, 6.45) is 38.8. The molecule has 0 aromatic carbocycles. The average molecular weight is 2120 g/mol. The van der Waals surface area contributed by atoms with Gasteiger partial charge in [-0.25, -0.2) is 0 Å². The Kier molecular flexibility index (Phi) is 40.2. The molecule has 35 heteroatoms. The van der Waals surface area contributed by atoms with Crippen molar-refractivity contribution in [3.8, 4) is 0 Å². The molecule has 27 fully saturated rings. The van der Waals surface area contributed by atoms with Crippen LogP contribution in [0.4, 0.5) is 0 Å². The molecule has 40 unspecified atom stereocenters. The molecular formula is C105H192O26Si9. The molecule has 27 rings (SSSR count). The molecule has 8 saturated carbocycles. The Hall–Kier alpha value is 0.912. The van der Waals surface area contributed by atoms with Crippen molar-refractivity contribution >= 4 is 92.2 Å². The molecule has 0 aromatic heterocycles. The van der Waals surface area contributed by atoms with E-state index >= 15 is 0 Å². The molecule has 19 aliphatic heterocycles. The topological polar surface area (TPSA) is 266 Å². The van der Waals surface area contributed by atoms with Crippen LogP contribution in [0.3, 0.4) is 0 Å². The van der Waals surface area contributed by atoms with Crippen molar-refractivity contribution in [2.24, 2.45) is 105 Å². The van der Waals surface area contributed by atoms with E-state index in [-0.39, 0.29) is 0 Å². The lowest BCUT2D eigenvalue weighted by atomic mass is 9.74. The maximum atomic E-state index is 6.05. The summed E-state index contributed by atoms with van der Waals surface area (Å²) in [7, 11) is 11.9. The van der Waals surface area contributed by atoms with E-state index in [1.165, 1.54) is 227 Å². The number of fused-ring (bicyclic) bond motifs is 16. The summed E-state index contributed by atoms with van der Waals surface area (Å²) in [6, 6.07) is 1.36. The monoisotopic (exact) mass is 2120 g/mol. The van der Waals surface area contributed by atoms with Crippen molar-refractivity contribution in [2.75, 3.05) is 225 Å². The summed E-state index contributed by atoms with van der Waals surface area (Å²) in [6.45, 7) is 36.8. The van der Waals surface area contributed by atoms with E-state index in [0.717, 1.165) is 353 Å². The standard InChI is InChI=1S/2C15H26O4Si.2C14H26O2Si.2C10H18O3Si.2C9H16O3Si.C9H20O2Si/c20-14-2-10-1-13(14)15(3-10,8-16-4-11-6-18-11)9-17-5-12-7-19-12;20-15-2-9-1-12(15)14(8-17-4-11-6-19-11)13(9)7-16-3-10-5-18-10;1-2-14(8-16-9-14)7-15-6-12-4-11-3-10(12)5-13(11)17;1-2-14(8-16-9-14)7-15-6-11-3-10-4-12(11)13(17)5-10;14-10-2-8-6(1-9(10)13-8)3-11-4-7-5-12-7;14-9-2-7-1-6(10(9)13-7)3-11-4-8-5-12-8;13-9-2-7-6(1-8(9)12-7)11-4-5-3-10-5;13-8-2-5-1-7(9(8)12-5)11-4-6-3-10-6;1-2-9(7-11-8-9)6-10-4-3-5-12/h10-14H,1-9H2,20H3;9-15H,1-8H2,20H3;2*10-13H,2-9H2,1,17H3;2*6-10H,1-5H2,14H3;2*5-9H,1-4H2,13H3;2-8H2,1,12H3. The number of ether oxygens (including phenoxy) is 26. The molecule has 27 aliphatic rings. The molecule has 140 heavy (non-hydrogen) atoms. The number of hydrogen-bond acceptors (Lipinski definition) is 26. The zero-order chi connectivity index (χ0) is 96.5. The zero-order valence-electron chi connectivity index (χ0n) is 88.7. The van der Waals surface area contributed by atoms with Gasteiger partial charge in [-0.2, -0.15) is 0 Å². The van der Waals surface area contributed by atoms with Gasteiger partial charge >= 0.3 is 0 Å². The van der Waals surface area contributed by atoms with Crippen molar-refractivity contribution < 1.29 is 123 Å². The highest BCUT2D eigenvalue weighted by Gasteiger charge is 2.58. The van der Waals surface area contributed by atoms with E-state index in [9.17, 15) is 0 Å². The Bertz CT molecular complexity index is 3620. The first-order valence-corrected chi connectivity index (χ1v) is 68.5. The molecule has 0 radical (unpaired) electrons. The fourth-order valence-corrected chi connectivity index (χ4v) is 39.2. The van der Waals surface area contributed by atoms with Gasteiger partial charge in [-0.15, -0.1) is 0 Å². The molecule has 0 spiro atoms. The van der Waals surface area contributed by atoms with Crippen molar-refractivity contribution in [3.63, 3.8) is 0 Å². The smallest absolute Gasteiger partial charge is 0.104 e. The minimum atomic E-state index is 0.291. The molecule has 26 nitrogen and oxygen atoms in total. The Morgan fingerprint density at radius 3 is 1.18 bits per heavy atom. The second-order valence-electron chi connectivity index (χ2n) is 50.9. The van der Waals surface area contributed by atoms with E-state index < -0.39 is 0 Å². The molecule has 8 aliphatic carbocycles. The first kappa shape index (κ1) is 109. The molecule has 0 aromatic rings. The van der Waals surface area contributed by atoms with Crippen LogP contribution in [0.5, 0.6) is 0 Å². The predicted octanol–water partition coefficient (Wildman–Crippen LogP) is 2.93. The molecular weight excluding hydrogens is 1930 g/mol. The van der Waals surface area contributed by atoms with E-state index in [1.54, 1.807) is 6.42 Å². The molecule has 40 atom stereocenters. The van der Waals surface area contributed by atoms with Gasteiger partial charge in [0.1, 0.15) is 48.8 Å². The summed E-state index contributed by atoms with van der Waals surface area (Å²) in [5.74, 6) is 12.4. The average Bonchev–Trinajstić information content (AvgIpc) is 1.60. The lowest BCUT2D eigenvalue weighted by Gasteiger charge is -2.41. The molecule has 19 saturated heterocycles. The lowest BCUT2D eigenvalue weighted by molar-refractivity contribution is -0.153. The van der Waals surface area contributed by atoms with Gasteiger partial charge in [0, 0.05) is 158 Å². The van der Waals surface area contributed by atoms with Gasteiger partial charge < -0.3 is 123 Å². The van der Waals surface area contributed by atoms with Crippen LogP contribution < -0.4 is 0 Å². The summed E-state index contributed by atoms with van der Waals surface area (Å²) in [5, 5.41) is 0. The van der Waals surface area contributed by atoms with Crippen molar-refractivity contribution in [3.05, 3.63) is 0 Å². The zero-order valence-corrected chi connectivity index (χ0v) is 107. The predicted molar refractivity (Wildman–Crippen MR) is 568 cm³/mol. The van der Waals surface area contributed by atoms with Crippen LogP contribution in [-0.4, -0.2) is 427 Å². The maximum absolute atomic E-state index is 6.05. The van der Waals surface area contributed by atoms with E-state index in [2.05, 4.69) is 20.8 Å². The maximum Gasteiger partial charge on any atom is 0.104 e. The first-order chi connectivity index (χ1) is 68.1. The molecule has 0 N–H and O–H groups in total. The second-order valence-corrected chi connectivity index (χ2v) is 63.7.